The summed E-state index contributed by atoms with van der Waals surface area (Å²) in [5, 5.41) is 9.14. The molecule has 0 saturated carbocycles. The molecule has 0 spiro atoms. The van der Waals surface area contributed by atoms with Crippen LogP contribution in [-0.2, 0) is 4.79 Å². The SMILES string of the molecule is O=C(O)[C@@H]1CCCN1C(=O)c1cc(Cl)cc(F)c1Br. The molecule has 1 aromatic rings. The molecule has 7 heteroatoms. The van der Waals surface area contributed by atoms with Crippen molar-refractivity contribution < 1.29 is 19.1 Å². The number of aliphatic carboxylic acids is 1. The number of carbonyl (C=O) groups excluding carboxylic acids is 1. The van der Waals surface area contributed by atoms with Crippen molar-refractivity contribution in [2.45, 2.75) is 18.9 Å². The van der Waals surface area contributed by atoms with Gasteiger partial charge in [0.05, 0.1) is 10.0 Å². The van der Waals surface area contributed by atoms with Crippen molar-refractivity contribution in [3.8, 4) is 0 Å². The van der Waals surface area contributed by atoms with E-state index in [0.29, 0.717) is 19.4 Å². The summed E-state index contributed by atoms with van der Waals surface area (Å²) in [6.07, 6.45) is 1.02. The molecule has 1 fully saturated rings. The summed E-state index contributed by atoms with van der Waals surface area (Å²) in [5.41, 5.74) is 0.0400. The number of carboxylic acid groups (broad SMARTS) is 1. The quantitative estimate of drug-likeness (QED) is 0.834. The van der Waals surface area contributed by atoms with Crippen LogP contribution in [0.3, 0.4) is 0 Å². The van der Waals surface area contributed by atoms with Gasteiger partial charge in [0.15, 0.2) is 0 Å². The number of carbonyl (C=O) groups is 2. The fourth-order valence-corrected chi connectivity index (χ4v) is 2.74. The second-order valence-corrected chi connectivity index (χ2v) is 5.47. The van der Waals surface area contributed by atoms with Crippen molar-refractivity contribution in [3.63, 3.8) is 0 Å². The summed E-state index contributed by atoms with van der Waals surface area (Å²) in [6.45, 7) is 0.344. The van der Waals surface area contributed by atoms with Crippen molar-refractivity contribution in [2.24, 2.45) is 0 Å². The van der Waals surface area contributed by atoms with Gasteiger partial charge in [0.1, 0.15) is 11.9 Å². The van der Waals surface area contributed by atoms with E-state index in [1.165, 1.54) is 11.0 Å². The average molecular weight is 351 g/mol. The molecule has 1 amide bonds. The van der Waals surface area contributed by atoms with Gasteiger partial charge in [-0.1, -0.05) is 11.6 Å². The summed E-state index contributed by atoms with van der Waals surface area (Å²) in [7, 11) is 0. The van der Waals surface area contributed by atoms with Gasteiger partial charge in [-0.05, 0) is 40.9 Å². The van der Waals surface area contributed by atoms with E-state index in [9.17, 15) is 14.0 Å². The highest BCUT2D eigenvalue weighted by molar-refractivity contribution is 9.10. The maximum atomic E-state index is 13.5. The maximum absolute atomic E-state index is 13.5. The second kappa shape index (κ2) is 5.46. The fraction of sp³-hybridized carbons (Fsp3) is 0.333. The monoisotopic (exact) mass is 349 g/mol. The number of halogens is 3. The summed E-state index contributed by atoms with van der Waals surface area (Å²) in [4.78, 5) is 24.6. The Balaban J connectivity index is 2.37. The van der Waals surface area contributed by atoms with E-state index >= 15 is 0 Å². The van der Waals surface area contributed by atoms with Crippen LogP contribution < -0.4 is 0 Å². The number of hydrogen-bond acceptors (Lipinski definition) is 2. The lowest BCUT2D eigenvalue weighted by Crippen LogP contribution is -2.40. The first-order valence-electron chi connectivity index (χ1n) is 5.60. The molecule has 0 bridgehead atoms. The van der Waals surface area contributed by atoms with Crippen LogP contribution in [0.1, 0.15) is 23.2 Å². The molecular weight excluding hydrogens is 340 g/mol. The largest absolute Gasteiger partial charge is 0.480 e. The third kappa shape index (κ3) is 2.74. The van der Waals surface area contributed by atoms with Gasteiger partial charge in [0, 0.05) is 11.6 Å². The van der Waals surface area contributed by atoms with Crippen molar-refractivity contribution in [3.05, 3.63) is 33.0 Å². The summed E-state index contributed by atoms with van der Waals surface area (Å²) < 4.78 is 13.5. The normalized spacial score (nSPS) is 18.7. The lowest BCUT2D eigenvalue weighted by molar-refractivity contribution is -0.141. The smallest absolute Gasteiger partial charge is 0.326 e. The Kier molecular flexibility index (Phi) is 4.10. The lowest BCUT2D eigenvalue weighted by Gasteiger charge is -2.22. The Bertz CT molecular complexity index is 552. The Morgan fingerprint density at radius 3 is 2.79 bits per heavy atom. The number of likely N-dealkylation sites (tertiary alicyclic amines) is 1. The van der Waals surface area contributed by atoms with Crippen LogP contribution in [0, 0.1) is 5.82 Å². The molecule has 1 atom stereocenters. The van der Waals surface area contributed by atoms with Gasteiger partial charge in [-0.2, -0.15) is 0 Å². The van der Waals surface area contributed by atoms with Gasteiger partial charge in [-0.3, -0.25) is 4.79 Å². The van der Waals surface area contributed by atoms with E-state index in [1.807, 2.05) is 0 Å². The highest BCUT2D eigenvalue weighted by Crippen LogP contribution is 2.28. The molecule has 0 aromatic heterocycles. The van der Waals surface area contributed by atoms with Gasteiger partial charge in [-0.25, -0.2) is 9.18 Å². The molecule has 1 heterocycles. The Morgan fingerprint density at radius 1 is 1.47 bits per heavy atom. The van der Waals surface area contributed by atoms with Crippen LogP contribution in [0.5, 0.6) is 0 Å². The summed E-state index contributed by atoms with van der Waals surface area (Å²) in [5.74, 6) is -2.23. The zero-order chi connectivity index (χ0) is 14.2. The topological polar surface area (TPSA) is 57.6 Å². The average Bonchev–Trinajstić information content (AvgIpc) is 2.82. The standard InChI is InChI=1S/C12H10BrClFNO3/c13-10-7(4-6(14)5-8(10)15)11(17)16-3-1-2-9(16)12(18)19/h4-5,9H,1-3H2,(H,18,19)/t9-/m0/s1. The first-order chi connectivity index (χ1) is 8.91. The first kappa shape index (κ1) is 14.3. The minimum Gasteiger partial charge on any atom is -0.480 e. The minimum atomic E-state index is -1.05. The van der Waals surface area contributed by atoms with E-state index in [0.717, 1.165) is 6.07 Å². The predicted octanol–water partition coefficient (Wildman–Crippen LogP) is 2.93. The van der Waals surface area contributed by atoms with Gasteiger partial charge < -0.3 is 10.0 Å². The number of hydrogen-bond donors (Lipinski definition) is 1. The number of nitrogens with zero attached hydrogens (tertiary/aromatic N) is 1. The predicted molar refractivity (Wildman–Crippen MR) is 70.8 cm³/mol. The number of rotatable bonds is 2. The second-order valence-electron chi connectivity index (χ2n) is 4.24. The third-order valence-corrected chi connectivity index (χ3v) is 4.05. The minimum absolute atomic E-state index is 0.00191. The zero-order valence-electron chi connectivity index (χ0n) is 9.70. The van der Waals surface area contributed by atoms with Crippen molar-refractivity contribution in [1.29, 1.82) is 0 Å². The van der Waals surface area contributed by atoms with E-state index in [4.69, 9.17) is 16.7 Å². The molecule has 4 nitrogen and oxygen atoms in total. The van der Waals surface area contributed by atoms with Crippen LogP contribution in [0.15, 0.2) is 16.6 Å². The van der Waals surface area contributed by atoms with E-state index in [2.05, 4.69) is 15.9 Å². The van der Waals surface area contributed by atoms with Gasteiger partial charge in [0.25, 0.3) is 5.91 Å². The zero-order valence-corrected chi connectivity index (χ0v) is 12.0. The van der Waals surface area contributed by atoms with E-state index in [1.54, 1.807) is 0 Å². The molecule has 1 aliphatic rings. The lowest BCUT2D eigenvalue weighted by atomic mass is 10.1. The fourth-order valence-electron chi connectivity index (χ4n) is 2.13. The molecule has 1 aromatic carbocycles. The van der Waals surface area contributed by atoms with Gasteiger partial charge >= 0.3 is 5.97 Å². The molecule has 1 aliphatic heterocycles. The highest BCUT2D eigenvalue weighted by atomic mass is 79.9. The molecule has 1 N–H and O–H groups in total. The maximum Gasteiger partial charge on any atom is 0.326 e. The summed E-state index contributed by atoms with van der Waals surface area (Å²) >= 11 is 8.71. The Labute approximate surface area is 122 Å². The molecule has 1 saturated heterocycles. The molecule has 102 valence electrons. The van der Waals surface area contributed by atoms with E-state index in [-0.39, 0.29) is 15.1 Å². The number of amides is 1. The Morgan fingerprint density at radius 2 is 2.16 bits per heavy atom. The molecule has 0 unspecified atom stereocenters. The van der Waals surface area contributed by atoms with Gasteiger partial charge in [-0.15, -0.1) is 0 Å². The van der Waals surface area contributed by atoms with Crippen molar-refractivity contribution >= 4 is 39.4 Å². The molecule has 19 heavy (non-hydrogen) atoms. The number of benzene rings is 1. The van der Waals surface area contributed by atoms with Crippen LogP contribution in [0.25, 0.3) is 0 Å². The molecular formula is C12H10BrClFNO3. The Hall–Kier alpha value is -1.14. The first-order valence-corrected chi connectivity index (χ1v) is 6.77. The van der Waals surface area contributed by atoms with Crippen LogP contribution in [-0.4, -0.2) is 34.5 Å². The van der Waals surface area contributed by atoms with E-state index < -0.39 is 23.7 Å². The highest BCUT2D eigenvalue weighted by Gasteiger charge is 2.35. The molecule has 2 rings (SSSR count). The number of carboxylic acids is 1. The summed E-state index contributed by atoms with van der Waals surface area (Å²) in [6, 6.07) is 1.55. The van der Waals surface area contributed by atoms with Crippen molar-refractivity contribution in [2.75, 3.05) is 6.54 Å². The molecule has 0 radical (unpaired) electrons. The molecule has 0 aliphatic carbocycles. The third-order valence-electron chi connectivity index (χ3n) is 3.02. The van der Waals surface area contributed by atoms with Crippen molar-refractivity contribution in [1.82, 2.24) is 4.90 Å². The van der Waals surface area contributed by atoms with Crippen LogP contribution in [0.2, 0.25) is 5.02 Å². The van der Waals surface area contributed by atoms with Gasteiger partial charge in [0.2, 0.25) is 0 Å². The van der Waals surface area contributed by atoms with Crippen LogP contribution in [0.4, 0.5) is 4.39 Å². The van der Waals surface area contributed by atoms with Crippen LogP contribution >= 0.6 is 27.5 Å².